The zero-order valence-corrected chi connectivity index (χ0v) is 7.63. The molecule has 0 bridgehead atoms. The number of nitrogens with two attached hydrogens (primary N) is 1. The minimum Gasteiger partial charge on any atom is -0.368 e. The number of nitrogens with zero attached hydrogens (tertiary/aromatic N) is 1. The lowest BCUT2D eigenvalue weighted by molar-refractivity contribution is 0.232. The Labute approximate surface area is 71.4 Å². The fourth-order valence-corrected chi connectivity index (χ4v) is 1.22. The average Bonchev–Trinajstić information content (AvgIpc) is 1.96. The van der Waals surface area contributed by atoms with E-state index in [9.17, 15) is 8.42 Å². The van der Waals surface area contributed by atoms with Crippen LogP contribution in [0.5, 0.6) is 0 Å². The van der Waals surface area contributed by atoms with Gasteiger partial charge >= 0.3 is 0 Å². The number of nitrogens with one attached hydrogen (secondary N) is 1. The predicted molar refractivity (Wildman–Crippen MR) is 45.7 cm³/mol. The van der Waals surface area contributed by atoms with E-state index < -0.39 is 9.84 Å². The molecular formula is C5H13N3O3S. The maximum Gasteiger partial charge on any atom is 0.212 e. The molecule has 0 aromatic rings. The standard InChI is InChI=1S/C5H13N3O3S/c1-12(10,11)4-2-3-7-5(6)8-9/h9H,2-4H2,1H3,(H3,6,7,8). The first kappa shape index (κ1) is 11.2. The van der Waals surface area contributed by atoms with E-state index in [1.54, 1.807) is 5.48 Å². The van der Waals surface area contributed by atoms with Crippen molar-refractivity contribution in [3.05, 3.63) is 0 Å². The zero-order chi connectivity index (χ0) is 9.61. The highest BCUT2D eigenvalue weighted by molar-refractivity contribution is 7.90. The van der Waals surface area contributed by atoms with Gasteiger partial charge in [0.2, 0.25) is 5.96 Å². The second-order valence-electron chi connectivity index (χ2n) is 2.36. The van der Waals surface area contributed by atoms with Crippen LogP contribution < -0.4 is 11.2 Å². The Kier molecular flexibility index (Phi) is 4.60. The quantitative estimate of drug-likeness (QED) is 0.224. The first-order valence-corrected chi connectivity index (χ1v) is 5.39. The number of sulfone groups is 1. The van der Waals surface area contributed by atoms with Crippen LogP contribution in [-0.2, 0) is 9.84 Å². The molecule has 0 heterocycles. The van der Waals surface area contributed by atoms with Crippen molar-refractivity contribution in [3.8, 4) is 0 Å². The second-order valence-corrected chi connectivity index (χ2v) is 4.62. The number of aliphatic imine (C=N–C) groups is 1. The molecule has 0 aliphatic rings. The number of guanidine groups is 1. The van der Waals surface area contributed by atoms with E-state index in [1.807, 2.05) is 0 Å². The number of hydrogen-bond acceptors (Lipinski definition) is 4. The molecule has 0 saturated heterocycles. The number of hydroxylamine groups is 1. The van der Waals surface area contributed by atoms with Gasteiger partial charge in [-0.3, -0.25) is 10.2 Å². The molecule has 0 fully saturated rings. The largest absolute Gasteiger partial charge is 0.368 e. The van der Waals surface area contributed by atoms with E-state index >= 15 is 0 Å². The molecule has 0 aliphatic heterocycles. The van der Waals surface area contributed by atoms with Crippen molar-refractivity contribution in [3.63, 3.8) is 0 Å². The Balaban J connectivity index is 3.59. The lowest BCUT2D eigenvalue weighted by Gasteiger charge is -1.97. The zero-order valence-electron chi connectivity index (χ0n) is 6.82. The summed E-state index contributed by atoms with van der Waals surface area (Å²) in [6, 6.07) is 0. The van der Waals surface area contributed by atoms with E-state index in [4.69, 9.17) is 10.9 Å². The molecule has 12 heavy (non-hydrogen) atoms. The minimum absolute atomic E-state index is 0.0786. The van der Waals surface area contributed by atoms with Crippen LogP contribution in [0.15, 0.2) is 4.99 Å². The van der Waals surface area contributed by atoms with Crippen molar-refractivity contribution in [1.82, 2.24) is 5.48 Å². The van der Waals surface area contributed by atoms with Crippen LogP contribution in [0.2, 0.25) is 0 Å². The maximum atomic E-state index is 10.6. The van der Waals surface area contributed by atoms with Gasteiger partial charge in [-0.05, 0) is 6.42 Å². The monoisotopic (exact) mass is 195 g/mol. The van der Waals surface area contributed by atoms with Crippen LogP contribution in [0.4, 0.5) is 0 Å². The Morgan fingerprint density at radius 1 is 1.67 bits per heavy atom. The Bertz CT molecular complexity index is 247. The molecule has 4 N–H and O–H groups in total. The summed E-state index contributed by atoms with van der Waals surface area (Å²) in [6.07, 6.45) is 1.56. The van der Waals surface area contributed by atoms with Crippen molar-refractivity contribution in [2.24, 2.45) is 10.7 Å². The molecule has 6 nitrogen and oxygen atoms in total. The summed E-state index contributed by atoms with van der Waals surface area (Å²) in [5.41, 5.74) is 6.70. The Morgan fingerprint density at radius 3 is 2.67 bits per heavy atom. The lowest BCUT2D eigenvalue weighted by Crippen LogP contribution is -2.28. The van der Waals surface area contributed by atoms with Crippen LogP contribution >= 0.6 is 0 Å². The molecule has 0 amide bonds. The first-order chi connectivity index (χ1) is 5.45. The molecule has 0 unspecified atom stereocenters. The Hall–Kier alpha value is -0.820. The number of rotatable bonds is 4. The summed E-state index contributed by atoms with van der Waals surface area (Å²) in [4.78, 5) is 3.61. The lowest BCUT2D eigenvalue weighted by atomic mass is 10.5. The van der Waals surface area contributed by atoms with E-state index in [1.165, 1.54) is 0 Å². The molecule has 72 valence electrons. The molecule has 0 aromatic heterocycles. The van der Waals surface area contributed by atoms with Crippen molar-refractivity contribution in [2.45, 2.75) is 6.42 Å². The Morgan fingerprint density at radius 2 is 2.25 bits per heavy atom. The second kappa shape index (κ2) is 4.94. The van der Waals surface area contributed by atoms with Crippen molar-refractivity contribution >= 4 is 15.8 Å². The van der Waals surface area contributed by atoms with Gasteiger partial charge in [0.05, 0.1) is 5.75 Å². The maximum absolute atomic E-state index is 10.6. The van der Waals surface area contributed by atoms with E-state index in [0.29, 0.717) is 6.42 Å². The highest BCUT2D eigenvalue weighted by atomic mass is 32.2. The highest BCUT2D eigenvalue weighted by Crippen LogP contribution is 1.88. The summed E-state index contributed by atoms with van der Waals surface area (Å²) in [5, 5.41) is 8.17. The van der Waals surface area contributed by atoms with Gasteiger partial charge in [0.1, 0.15) is 9.84 Å². The molecule has 0 rings (SSSR count). The summed E-state index contributed by atoms with van der Waals surface area (Å²) in [6.45, 7) is 0.284. The first-order valence-electron chi connectivity index (χ1n) is 3.33. The van der Waals surface area contributed by atoms with Gasteiger partial charge in [-0.15, -0.1) is 0 Å². The van der Waals surface area contributed by atoms with Gasteiger partial charge < -0.3 is 5.73 Å². The normalized spacial score (nSPS) is 13.0. The summed E-state index contributed by atoms with van der Waals surface area (Å²) in [5.74, 6) is -0.0293. The molecule has 0 atom stereocenters. The third kappa shape index (κ3) is 7.29. The van der Waals surface area contributed by atoms with Crippen molar-refractivity contribution in [1.29, 1.82) is 0 Å². The third-order valence-corrected chi connectivity index (χ3v) is 2.10. The summed E-state index contributed by atoms with van der Waals surface area (Å²) >= 11 is 0. The third-order valence-electron chi connectivity index (χ3n) is 1.07. The predicted octanol–water partition coefficient (Wildman–Crippen LogP) is -1.29. The average molecular weight is 195 g/mol. The van der Waals surface area contributed by atoms with Crippen LogP contribution in [0.3, 0.4) is 0 Å². The minimum atomic E-state index is -2.92. The SMILES string of the molecule is CS(=O)(=O)CCCN=C(N)NO. The molecule has 0 spiro atoms. The fraction of sp³-hybridized carbons (Fsp3) is 0.800. The van der Waals surface area contributed by atoms with E-state index in [0.717, 1.165) is 6.26 Å². The van der Waals surface area contributed by atoms with Crippen molar-refractivity contribution in [2.75, 3.05) is 18.6 Å². The highest BCUT2D eigenvalue weighted by Gasteiger charge is 1.99. The molecule has 0 radical (unpaired) electrons. The van der Waals surface area contributed by atoms with Gasteiger partial charge in [-0.2, -0.15) is 0 Å². The molecule has 0 aliphatic carbocycles. The molecule has 0 saturated carbocycles. The fourth-order valence-electron chi connectivity index (χ4n) is 0.562. The van der Waals surface area contributed by atoms with Crippen LogP contribution in [0.1, 0.15) is 6.42 Å². The van der Waals surface area contributed by atoms with Crippen LogP contribution in [-0.4, -0.2) is 38.1 Å². The van der Waals surface area contributed by atoms with Gasteiger partial charge in [-0.25, -0.2) is 13.9 Å². The van der Waals surface area contributed by atoms with Gasteiger partial charge in [0.15, 0.2) is 0 Å². The van der Waals surface area contributed by atoms with Crippen LogP contribution in [0, 0.1) is 0 Å². The summed E-state index contributed by atoms with van der Waals surface area (Å²) < 4.78 is 21.2. The van der Waals surface area contributed by atoms with Crippen LogP contribution in [0.25, 0.3) is 0 Å². The number of hydrogen-bond donors (Lipinski definition) is 3. The summed E-state index contributed by atoms with van der Waals surface area (Å²) in [7, 11) is -2.92. The molecule has 0 aromatic carbocycles. The smallest absolute Gasteiger partial charge is 0.212 e. The molecule has 7 heteroatoms. The van der Waals surface area contributed by atoms with Gasteiger partial charge in [0, 0.05) is 12.8 Å². The van der Waals surface area contributed by atoms with E-state index in [2.05, 4.69) is 4.99 Å². The van der Waals surface area contributed by atoms with Crippen molar-refractivity contribution < 1.29 is 13.6 Å². The van der Waals surface area contributed by atoms with E-state index in [-0.39, 0.29) is 18.3 Å². The topological polar surface area (TPSA) is 105 Å². The molecular weight excluding hydrogens is 182 g/mol. The van der Waals surface area contributed by atoms with Gasteiger partial charge in [0.25, 0.3) is 0 Å². The van der Waals surface area contributed by atoms with Gasteiger partial charge in [-0.1, -0.05) is 0 Å².